The van der Waals surface area contributed by atoms with Crippen LogP contribution in [0.2, 0.25) is 0 Å². The van der Waals surface area contributed by atoms with Crippen LogP contribution in [-0.4, -0.2) is 17.5 Å². The molecule has 4 nitrogen and oxygen atoms in total. The molecule has 2 rings (SSSR count). The summed E-state index contributed by atoms with van der Waals surface area (Å²) in [5.41, 5.74) is 2.25. The van der Waals surface area contributed by atoms with Gasteiger partial charge in [-0.3, -0.25) is 9.78 Å². The van der Waals surface area contributed by atoms with E-state index in [9.17, 15) is 4.79 Å². The van der Waals surface area contributed by atoms with Crippen LogP contribution < -0.4 is 10.1 Å². The van der Waals surface area contributed by atoms with Crippen molar-refractivity contribution in [2.45, 2.75) is 6.92 Å². The smallest absolute Gasteiger partial charge is 0.255 e. The number of hydrogen-bond acceptors (Lipinski definition) is 3. The maximum Gasteiger partial charge on any atom is 0.255 e. The normalized spacial score (nSPS) is 9.85. The highest BCUT2D eigenvalue weighted by Gasteiger charge is 2.05. The summed E-state index contributed by atoms with van der Waals surface area (Å²) in [6, 6.07) is 10.6. The lowest BCUT2D eigenvalue weighted by Gasteiger charge is -2.08. The predicted octanol–water partition coefficient (Wildman–Crippen LogP) is 3.29. The van der Waals surface area contributed by atoms with Crippen LogP contribution in [0.4, 0.5) is 5.69 Å². The highest BCUT2D eigenvalue weighted by Crippen LogP contribution is 2.16. The minimum absolute atomic E-state index is 0.164. The second-order valence-corrected chi connectivity index (χ2v) is 4.46. The molecule has 1 amide bonds. The second-order valence-electron chi connectivity index (χ2n) is 4.46. The number of hydrogen-bond donors (Lipinski definition) is 1. The maximum atomic E-state index is 11.9. The fourth-order valence-corrected chi connectivity index (χ4v) is 1.55. The van der Waals surface area contributed by atoms with Gasteiger partial charge in [0.15, 0.2) is 0 Å². The Hall–Kier alpha value is -2.62. The lowest BCUT2D eigenvalue weighted by atomic mass is 10.2. The number of carbonyl (C=O) groups is 1. The van der Waals surface area contributed by atoms with E-state index in [4.69, 9.17) is 4.74 Å². The Labute approximate surface area is 118 Å². The Bertz CT molecular complexity index is 592. The number of carbonyl (C=O) groups excluding carboxylic acids is 1. The summed E-state index contributed by atoms with van der Waals surface area (Å²) < 4.78 is 5.49. The van der Waals surface area contributed by atoms with Gasteiger partial charge >= 0.3 is 0 Å². The minimum Gasteiger partial charge on any atom is -0.489 e. The molecule has 0 radical (unpaired) electrons. The van der Waals surface area contributed by atoms with E-state index in [0.717, 1.165) is 17.0 Å². The summed E-state index contributed by atoms with van der Waals surface area (Å²) >= 11 is 0. The number of benzene rings is 1. The molecule has 4 heteroatoms. The Kier molecular flexibility index (Phi) is 4.50. The van der Waals surface area contributed by atoms with E-state index >= 15 is 0 Å². The van der Waals surface area contributed by atoms with Crippen LogP contribution in [0.3, 0.4) is 0 Å². The number of nitrogens with zero attached hydrogens (tertiary/aromatic N) is 1. The molecule has 1 N–H and O–H groups in total. The zero-order valence-corrected chi connectivity index (χ0v) is 11.3. The number of anilines is 1. The number of aromatic nitrogens is 1. The van der Waals surface area contributed by atoms with Crippen LogP contribution in [0.15, 0.2) is 60.9 Å². The molecule has 0 saturated heterocycles. The highest BCUT2D eigenvalue weighted by molar-refractivity contribution is 6.04. The molecular formula is C16H16N2O2. The molecule has 1 heterocycles. The minimum atomic E-state index is -0.164. The summed E-state index contributed by atoms with van der Waals surface area (Å²) in [4.78, 5) is 15.8. The summed E-state index contributed by atoms with van der Waals surface area (Å²) in [7, 11) is 0. The predicted molar refractivity (Wildman–Crippen MR) is 78.9 cm³/mol. The molecule has 2 aromatic rings. The molecule has 0 fully saturated rings. The van der Waals surface area contributed by atoms with E-state index in [1.165, 1.54) is 0 Å². The van der Waals surface area contributed by atoms with Crippen molar-refractivity contribution in [3.05, 3.63) is 66.5 Å². The van der Waals surface area contributed by atoms with Gasteiger partial charge in [-0.2, -0.15) is 0 Å². The van der Waals surface area contributed by atoms with Crippen LogP contribution in [0.25, 0.3) is 0 Å². The first-order chi connectivity index (χ1) is 9.65. The number of rotatable bonds is 5. The standard InChI is InChI=1S/C16H16N2O2/c1-12(2)11-20-15-5-3-14(4-6-15)18-16(19)13-7-9-17-10-8-13/h3-10H,1,11H2,2H3,(H,18,19). The van der Waals surface area contributed by atoms with Gasteiger partial charge in [-0.25, -0.2) is 0 Å². The van der Waals surface area contributed by atoms with Crippen molar-refractivity contribution in [3.63, 3.8) is 0 Å². The molecule has 0 aliphatic heterocycles. The van der Waals surface area contributed by atoms with Crippen LogP contribution in [-0.2, 0) is 0 Å². The van der Waals surface area contributed by atoms with Gasteiger partial charge in [0.05, 0.1) is 0 Å². The number of nitrogens with one attached hydrogen (secondary N) is 1. The fourth-order valence-electron chi connectivity index (χ4n) is 1.55. The van der Waals surface area contributed by atoms with Gasteiger partial charge in [0.25, 0.3) is 5.91 Å². The van der Waals surface area contributed by atoms with Gasteiger partial charge in [-0.15, -0.1) is 0 Å². The third-order valence-electron chi connectivity index (χ3n) is 2.54. The molecule has 0 atom stereocenters. The van der Waals surface area contributed by atoms with Crippen LogP contribution in [0, 0.1) is 0 Å². The van der Waals surface area contributed by atoms with E-state index in [1.807, 2.05) is 19.1 Å². The average Bonchev–Trinajstić information content (AvgIpc) is 2.47. The van der Waals surface area contributed by atoms with Crippen LogP contribution in [0.5, 0.6) is 5.75 Å². The quantitative estimate of drug-likeness (QED) is 0.846. The maximum absolute atomic E-state index is 11.9. The Morgan fingerprint density at radius 2 is 1.85 bits per heavy atom. The molecule has 1 aromatic carbocycles. The molecule has 0 aliphatic rings. The topological polar surface area (TPSA) is 51.2 Å². The second kappa shape index (κ2) is 6.52. The van der Waals surface area contributed by atoms with E-state index in [0.29, 0.717) is 12.2 Å². The van der Waals surface area contributed by atoms with Crippen molar-refractivity contribution in [3.8, 4) is 5.75 Å². The molecule has 0 unspecified atom stereocenters. The summed E-state index contributed by atoms with van der Waals surface area (Å²) in [5.74, 6) is 0.581. The van der Waals surface area contributed by atoms with Crippen molar-refractivity contribution < 1.29 is 9.53 Å². The average molecular weight is 268 g/mol. The molecule has 0 bridgehead atoms. The molecule has 0 saturated carbocycles. The van der Waals surface area contributed by atoms with Gasteiger partial charge in [0.1, 0.15) is 12.4 Å². The first-order valence-electron chi connectivity index (χ1n) is 6.24. The van der Waals surface area contributed by atoms with Crippen LogP contribution >= 0.6 is 0 Å². The van der Waals surface area contributed by atoms with Crippen molar-refractivity contribution in [2.24, 2.45) is 0 Å². The Morgan fingerprint density at radius 1 is 1.20 bits per heavy atom. The van der Waals surface area contributed by atoms with E-state index in [1.54, 1.807) is 36.7 Å². The SMILES string of the molecule is C=C(C)COc1ccc(NC(=O)c2ccncc2)cc1. The van der Waals surface area contributed by atoms with Gasteiger partial charge in [0, 0.05) is 23.6 Å². The highest BCUT2D eigenvalue weighted by atomic mass is 16.5. The lowest BCUT2D eigenvalue weighted by molar-refractivity contribution is 0.102. The first-order valence-corrected chi connectivity index (χ1v) is 6.24. The van der Waals surface area contributed by atoms with Gasteiger partial charge < -0.3 is 10.1 Å². The number of amides is 1. The largest absolute Gasteiger partial charge is 0.489 e. The fraction of sp³-hybridized carbons (Fsp3) is 0.125. The summed E-state index contributed by atoms with van der Waals surface area (Å²) in [6.45, 7) is 6.17. The zero-order valence-electron chi connectivity index (χ0n) is 11.3. The first kappa shape index (κ1) is 13.8. The van der Waals surface area contributed by atoms with Crippen molar-refractivity contribution in [1.29, 1.82) is 0 Å². The Balaban J connectivity index is 1.97. The van der Waals surface area contributed by atoms with Gasteiger partial charge in [-0.1, -0.05) is 6.58 Å². The van der Waals surface area contributed by atoms with E-state index in [-0.39, 0.29) is 5.91 Å². The third-order valence-corrected chi connectivity index (χ3v) is 2.54. The van der Waals surface area contributed by atoms with Crippen molar-refractivity contribution in [1.82, 2.24) is 4.98 Å². The van der Waals surface area contributed by atoms with E-state index < -0.39 is 0 Å². The van der Waals surface area contributed by atoms with E-state index in [2.05, 4.69) is 16.9 Å². The molecule has 102 valence electrons. The van der Waals surface area contributed by atoms with Gasteiger partial charge in [-0.05, 0) is 48.9 Å². The summed E-state index contributed by atoms with van der Waals surface area (Å²) in [5, 5.41) is 2.81. The zero-order chi connectivity index (χ0) is 14.4. The van der Waals surface area contributed by atoms with Gasteiger partial charge in [0.2, 0.25) is 0 Å². The monoisotopic (exact) mass is 268 g/mol. The molecule has 1 aromatic heterocycles. The number of ether oxygens (including phenoxy) is 1. The van der Waals surface area contributed by atoms with Crippen molar-refractivity contribution in [2.75, 3.05) is 11.9 Å². The van der Waals surface area contributed by atoms with Crippen LogP contribution in [0.1, 0.15) is 17.3 Å². The molecular weight excluding hydrogens is 252 g/mol. The molecule has 20 heavy (non-hydrogen) atoms. The molecule has 0 spiro atoms. The third kappa shape index (κ3) is 3.95. The van der Waals surface area contributed by atoms with Crippen molar-refractivity contribution >= 4 is 11.6 Å². The summed E-state index contributed by atoms with van der Waals surface area (Å²) in [6.07, 6.45) is 3.17. The molecule has 0 aliphatic carbocycles. The Morgan fingerprint density at radius 3 is 2.45 bits per heavy atom. The lowest BCUT2D eigenvalue weighted by Crippen LogP contribution is -2.11. The number of pyridine rings is 1.